The largest absolute Gasteiger partial charge is 0.396 e. The average Bonchev–Trinajstić information content (AvgIpc) is 3.53. The highest BCUT2D eigenvalue weighted by molar-refractivity contribution is 6.31. The van der Waals surface area contributed by atoms with Gasteiger partial charge in [-0.15, -0.1) is 0 Å². The molecule has 0 saturated heterocycles. The van der Waals surface area contributed by atoms with Crippen LogP contribution in [-0.2, 0) is 0 Å². The SMILES string of the molecule is CNC1CC1.Cc1ccc(-c2cnc3c(NCCCO)nc4ccc(F)cc4n23)cc1Cl. The summed E-state index contributed by atoms with van der Waals surface area (Å²) in [5.41, 5.74) is 4.54. The van der Waals surface area contributed by atoms with Gasteiger partial charge in [0.05, 0.1) is 22.9 Å². The first kappa shape index (κ1) is 22.5. The van der Waals surface area contributed by atoms with E-state index in [0.29, 0.717) is 40.5 Å². The number of benzene rings is 2. The maximum Gasteiger partial charge on any atom is 0.181 e. The standard InChI is InChI=1S/C20H18ClFN4O.C4H9N/c1-12-3-4-13(9-15(12)21)18-11-24-20-19(23-7-2-8-27)25-16-6-5-14(22)10-17(16)26(18)20;1-5-4-2-3-4/h3-6,9-11,27H,2,7-8H2,1H3,(H,23,25);4-5H,2-3H2,1H3. The number of anilines is 1. The number of fused-ring (bicyclic) bond motifs is 3. The topological polar surface area (TPSA) is 74.5 Å². The molecule has 1 aliphatic rings. The third kappa shape index (κ3) is 4.85. The Morgan fingerprint density at radius 2 is 2.03 bits per heavy atom. The third-order valence-electron chi connectivity index (χ3n) is 5.46. The Bertz CT molecular complexity index is 1240. The first-order valence-electron chi connectivity index (χ1n) is 10.8. The number of halogens is 2. The molecule has 0 spiro atoms. The average molecular weight is 456 g/mol. The summed E-state index contributed by atoms with van der Waals surface area (Å²) in [5.74, 6) is 0.250. The quantitative estimate of drug-likeness (QED) is 0.364. The van der Waals surface area contributed by atoms with Gasteiger partial charge >= 0.3 is 0 Å². The third-order valence-corrected chi connectivity index (χ3v) is 5.87. The number of aliphatic hydroxyl groups excluding tert-OH is 1. The van der Waals surface area contributed by atoms with Crippen LogP contribution in [0.1, 0.15) is 24.8 Å². The minimum atomic E-state index is -0.340. The highest BCUT2D eigenvalue weighted by Gasteiger charge is 2.17. The first-order valence-corrected chi connectivity index (χ1v) is 11.1. The number of rotatable bonds is 6. The molecule has 1 fully saturated rings. The van der Waals surface area contributed by atoms with E-state index in [1.807, 2.05) is 36.6 Å². The molecule has 0 atom stereocenters. The normalized spacial score (nSPS) is 13.3. The summed E-state index contributed by atoms with van der Waals surface area (Å²) >= 11 is 6.30. The minimum Gasteiger partial charge on any atom is -0.396 e. The van der Waals surface area contributed by atoms with E-state index >= 15 is 0 Å². The molecule has 32 heavy (non-hydrogen) atoms. The molecule has 2 aromatic carbocycles. The molecule has 2 aromatic heterocycles. The second kappa shape index (κ2) is 9.81. The lowest BCUT2D eigenvalue weighted by Gasteiger charge is -2.12. The van der Waals surface area contributed by atoms with Gasteiger partial charge in [-0.3, -0.25) is 4.40 Å². The van der Waals surface area contributed by atoms with Crippen molar-refractivity contribution in [1.82, 2.24) is 19.7 Å². The Labute approximate surface area is 191 Å². The highest BCUT2D eigenvalue weighted by atomic mass is 35.5. The van der Waals surface area contributed by atoms with Crippen LogP contribution in [0.15, 0.2) is 42.6 Å². The van der Waals surface area contributed by atoms with Crippen molar-refractivity contribution in [2.45, 2.75) is 32.2 Å². The van der Waals surface area contributed by atoms with Crippen LogP contribution < -0.4 is 10.6 Å². The molecule has 0 bridgehead atoms. The van der Waals surface area contributed by atoms with Crippen molar-refractivity contribution in [3.05, 3.63) is 59.0 Å². The summed E-state index contributed by atoms with van der Waals surface area (Å²) in [5, 5.41) is 16.0. The van der Waals surface area contributed by atoms with Gasteiger partial charge in [-0.05, 0) is 57.0 Å². The molecule has 0 unspecified atom stereocenters. The van der Waals surface area contributed by atoms with Crippen LogP contribution in [0.4, 0.5) is 10.2 Å². The minimum absolute atomic E-state index is 0.0869. The summed E-state index contributed by atoms with van der Waals surface area (Å²) in [4.78, 5) is 9.10. The Morgan fingerprint density at radius 3 is 2.69 bits per heavy atom. The van der Waals surface area contributed by atoms with Crippen LogP contribution in [0, 0.1) is 12.7 Å². The number of aliphatic hydroxyl groups is 1. The number of hydrogen-bond donors (Lipinski definition) is 3. The van der Waals surface area contributed by atoms with Crippen molar-refractivity contribution < 1.29 is 9.50 Å². The molecule has 0 amide bonds. The lowest BCUT2D eigenvalue weighted by Crippen LogP contribution is -2.08. The fourth-order valence-electron chi connectivity index (χ4n) is 3.44. The molecule has 5 rings (SSSR count). The van der Waals surface area contributed by atoms with Crippen molar-refractivity contribution in [3.8, 4) is 11.3 Å². The molecule has 0 aliphatic heterocycles. The van der Waals surface area contributed by atoms with E-state index in [9.17, 15) is 4.39 Å². The van der Waals surface area contributed by atoms with Crippen LogP contribution in [-0.4, -0.2) is 45.7 Å². The number of hydrogen-bond acceptors (Lipinski definition) is 5. The van der Waals surface area contributed by atoms with Gasteiger partial charge in [-0.2, -0.15) is 0 Å². The molecule has 2 heterocycles. The van der Waals surface area contributed by atoms with E-state index in [1.54, 1.807) is 12.3 Å². The van der Waals surface area contributed by atoms with Crippen molar-refractivity contribution in [2.24, 2.45) is 0 Å². The summed E-state index contributed by atoms with van der Waals surface area (Å²) in [6.07, 6.45) is 5.13. The number of nitrogens with one attached hydrogen (secondary N) is 2. The van der Waals surface area contributed by atoms with Gasteiger partial charge in [0.25, 0.3) is 0 Å². The van der Waals surface area contributed by atoms with E-state index in [1.165, 1.54) is 25.0 Å². The van der Waals surface area contributed by atoms with E-state index in [0.717, 1.165) is 22.9 Å². The number of nitrogens with zero attached hydrogens (tertiary/aromatic N) is 3. The molecule has 1 aliphatic carbocycles. The van der Waals surface area contributed by atoms with E-state index in [4.69, 9.17) is 16.7 Å². The maximum atomic E-state index is 13.9. The molecule has 1 saturated carbocycles. The lowest BCUT2D eigenvalue weighted by atomic mass is 10.1. The predicted octanol–water partition coefficient (Wildman–Crippen LogP) is 4.81. The van der Waals surface area contributed by atoms with Crippen LogP contribution in [0.25, 0.3) is 27.9 Å². The molecule has 4 aromatic rings. The zero-order valence-electron chi connectivity index (χ0n) is 18.2. The van der Waals surface area contributed by atoms with Gasteiger partial charge in [0.2, 0.25) is 0 Å². The Balaban J connectivity index is 0.000000433. The van der Waals surface area contributed by atoms with Gasteiger partial charge in [-0.25, -0.2) is 14.4 Å². The molecule has 8 heteroatoms. The van der Waals surface area contributed by atoms with Crippen molar-refractivity contribution >= 4 is 34.1 Å². The van der Waals surface area contributed by atoms with E-state index in [2.05, 4.69) is 20.6 Å². The predicted molar refractivity (Wildman–Crippen MR) is 128 cm³/mol. The molecule has 168 valence electrons. The van der Waals surface area contributed by atoms with Crippen LogP contribution in [0.3, 0.4) is 0 Å². The summed E-state index contributed by atoms with van der Waals surface area (Å²) in [7, 11) is 2.01. The van der Waals surface area contributed by atoms with Gasteiger partial charge in [-0.1, -0.05) is 23.7 Å². The summed E-state index contributed by atoms with van der Waals surface area (Å²) in [6.45, 7) is 2.59. The van der Waals surface area contributed by atoms with Crippen molar-refractivity contribution in [2.75, 3.05) is 25.5 Å². The van der Waals surface area contributed by atoms with Gasteiger partial charge < -0.3 is 15.7 Å². The number of imidazole rings is 1. The van der Waals surface area contributed by atoms with Crippen LogP contribution in [0.2, 0.25) is 5.02 Å². The maximum absolute atomic E-state index is 13.9. The Morgan fingerprint density at radius 1 is 1.22 bits per heavy atom. The molecular weight excluding hydrogens is 429 g/mol. The number of aromatic nitrogens is 3. The Kier molecular flexibility index (Phi) is 6.89. The molecule has 0 radical (unpaired) electrons. The fourth-order valence-corrected chi connectivity index (χ4v) is 3.62. The van der Waals surface area contributed by atoms with Crippen LogP contribution >= 0.6 is 11.6 Å². The molecule has 6 nitrogen and oxygen atoms in total. The molecular formula is C24H27ClFN5O. The van der Waals surface area contributed by atoms with E-state index in [-0.39, 0.29) is 12.4 Å². The lowest BCUT2D eigenvalue weighted by molar-refractivity contribution is 0.292. The number of aryl methyl sites for hydroxylation is 1. The highest BCUT2D eigenvalue weighted by Crippen LogP contribution is 2.31. The van der Waals surface area contributed by atoms with Gasteiger partial charge in [0.15, 0.2) is 11.5 Å². The zero-order valence-corrected chi connectivity index (χ0v) is 19.0. The van der Waals surface area contributed by atoms with Crippen molar-refractivity contribution in [1.29, 1.82) is 0 Å². The molecule has 3 N–H and O–H groups in total. The monoisotopic (exact) mass is 455 g/mol. The second-order valence-electron chi connectivity index (χ2n) is 7.93. The van der Waals surface area contributed by atoms with Gasteiger partial charge in [0, 0.05) is 35.8 Å². The van der Waals surface area contributed by atoms with Crippen molar-refractivity contribution in [3.63, 3.8) is 0 Å². The second-order valence-corrected chi connectivity index (χ2v) is 8.33. The zero-order chi connectivity index (χ0) is 22.7. The van der Waals surface area contributed by atoms with Gasteiger partial charge in [0.1, 0.15) is 5.82 Å². The first-order chi connectivity index (χ1) is 15.5. The fraction of sp³-hybridized carbons (Fsp3) is 0.333. The summed E-state index contributed by atoms with van der Waals surface area (Å²) in [6, 6.07) is 11.2. The Hall–Kier alpha value is -2.74. The van der Waals surface area contributed by atoms with E-state index < -0.39 is 0 Å². The smallest absolute Gasteiger partial charge is 0.181 e. The van der Waals surface area contributed by atoms with Crippen LogP contribution in [0.5, 0.6) is 0 Å². The summed E-state index contributed by atoms with van der Waals surface area (Å²) < 4.78 is 15.8.